The van der Waals surface area contributed by atoms with Crippen molar-refractivity contribution >= 4 is 11.3 Å². The van der Waals surface area contributed by atoms with E-state index in [-0.39, 0.29) is 5.54 Å². The molecule has 0 amide bonds. The first-order chi connectivity index (χ1) is 5.81. The largest absolute Gasteiger partial charge is 0.319 e. The first-order valence-electron chi connectivity index (χ1n) is 4.21. The summed E-state index contributed by atoms with van der Waals surface area (Å²) in [5.41, 5.74) is 6.08. The molecule has 4 heteroatoms. The van der Waals surface area contributed by atoms with Crippen LogP contribution in [0.2, 0.25) is 0 Å². The van der Waals surface area contributed by atoms with Gasteiger partial charge in [0, 0.05) is 11.6 Å². The first-order valence-corrected chi connectivity index (χ1v) is 5.09. The summed E-state index contributed by atoms with van der Waals surface area (Å²) in [6.07, 6.45) is 3.83. The Kier molecular flexibility index (Phi) is 2.12. The molecule has 0 aliphatic carbocycles. The summed E-state index contributed by atoms with van der Waals surface area (Å²) in [6, 6.07) is 0. The van der Waals surface area contributed by atoms with Gasteiger partial charge in [-0.2, -0.15) is 0 Å². The molecule has 0 aromatic carbocycles. The van der Waals surface area contributed by atoms with Crippen molar-refractivity contribution in [3.05, 3.63) is 16.6 Å². The monoisotopic (exact) mass is 183 g/mol. The highest BCUT2D eigenvalue weighted by Crippen LogP contribution is 2.28. The van der Waals surface area contributed by atoms with Crippen molar-refractivity contribution in [2.45, 2.75) is 18.4 Å². The van der Waals surface area contributed by atoms with Crippen LogP contribution in [0.15, 0.2) is 11.6 Å². The molecule has 1 aromatic heterocycles. The predicted octanol–water partition coefficient (Wildman–Crippen LogP) is 0.680. The Morgan fingerprint density at radius 1 is 1.50 bits per heavy atom. The number of nitrogens with two attached hydrogens (primary N) is 1. The Morgan fingerprint density at radius 2 is 2.25 bits per heavy atom. The molecule has 0 radical (unpaired) electrons. The topological polar surface area (TPSA) is 50.9 Å². The molecule has 12 heavy (non-hydrogen) atoms. The van der Waals surface area contributed by atoms with Gasteiger partial charge in [0.15, 0.2) is 0 Å². The van der Waals surface area contributed by atoms with Crippen LogP contribution >= 0.6 is 11.3 Å². The molecule has 2 rings (SSSR count). The fourth-order valence-electron chi connectivity index (χ4n) is 1.56. The average molecular weight is 183 g/mol. The number of rotatable bonds is 1. The third-order valence-corrected chi connectivity index (χ3v) is 3.35. The number of thiazole rings is 1. The SMILES string of the molecule is NC1(c2nccs2)CCNCC1. The molecule has 3 N–H and O–H groups in total. The summed E-state index contributed by atoms with van der Waals surface area (Å²) < 4.78 is 0. The zero-order valence-electron chi connectivity index (χ0n) is 6.92. The van der Waals surface area contributed by atoms with Crippen molar-refractivity contribution in [1.82, 2.24) is 10.3 Å². The number of aromatic nitrogens is 1. The smallest absolute Gasteiger partial charge is 0.113 e. The van der Waals surface area contributed by atoms with Crippen molar-refractivity contribution in [2.24, 2.45) is 5.73 Å². The molecule has 1 aliphatic heterocycles. The first kappa shape index (κ1) is 8.16. The molecule has 2 heterocycles. The van der Waals surface area contributed by atoms with Gasteiger partial charge in [-0.05, 0) is 25.9 Å². The summed E-state index contributed by atoms with van der Waals surface area (Å²) in [6.45, 7) is 2.02. The molecule has 0 unspecified atom stereocenters. The van der Waals surface area contributed by atoms with E-state index in [1.165, 1.54) is 0 Å². The van der Waals surface area contributed by atoms with Gasteiger partial charge in [0.05, 0.1) is 5.54 Å². The summed E-state index contributed by atoms with van der Waals surface area (Å²) in [4.78, 5) is 4.28. The summed E-state index contributed by atoms with van der Waals surface area (Å²) in [7, 11) is 0. The molecule has 0 spiro atoms. The van der Waals surface area contributed by atoms with Gasteiger partial charge in [-0.25, -0.2) is 4.98 Å². The third-order valence-electron chi connectivity index (χ3n) is 2.35. The van der Waals surface area contributed by atoms with Gasteiger partial charge in [0.1, 0.15) is 5.01 Å². The van der Waals surface area contributed by atoms with Gasteiger partial charge in [-0.1, -0.05) is 0 Å². The Labute approximate surface area is 76.0 Å². The van der Waals surface area contributed by atoms with Crippen LogP contribution in [0, 0.1) is 0 Å². The van der Waals surface area contributed by atoms with Crippen molar-refractivity contribution < 1.29 is 0 Å². The zero-order chi connectivity index (χ0) is 8.44. The second-order valence-electron chi connectivity index (χ2n) is 3.24. The van der Waals surface area contributed by atoms with E-state index in [9.17, 15) is 0 Å². The lowest BCUT2D eigenvalue weighted by molar-refractivity contribution is 0.316. The lowest BCUT2D eigenvalue weighted by atomic mass is 9.90. The van der Waals surface area contributed by atoms with Gasteiger partial charge < -0.3 is 11.1 Å². The van der Waals surface area contributed by atoms with E-state index in [2.05, 4.69) is 10.3 Å². The van der Waals surface area contributed by atoms with Crippen LogP contribution in [-0.4, -0.2) is 18.1 Å². The number of nitrogens with zero attached hydrogens (tertiary/aromatic N) is 1. The molecule has 0 bridgehead atoms. The number of hydrogen-bond donors (Lipinski definition) is 2. The van der Waals surface area contributed by atoms with E-state index in [0.717, 1.165) is 30.9 Å². The lowest BCUT2D eigenvalue weighted by Gasteiger charge is -2.31. The maximum Gasteiger partial charge on any atom is 0.113 e. The molecule has 1 fully saturated rings. The minimum Gasteiger partial charge on any atom is -0.319 e. The normalized spacial score (nSPS) is 22.4. The second kappa shape index (κ2) is 3.12. The number of nitrogens with one attached hydrogen (secondary N) is 1. The molecular formula is C8H13N3S. The Hall–Kier alpha value is -0.450. The molecule has 0 saturated carbocycles. The Balaban J connectivity index is 2.19. The maximum absolute atomic E-state index is 6.23. The van der Waals surface area contributed by atoms with Crippen LogP contribution in [0.4, 0.5) is 0 Å². The molecule has 3 nitrogen and oxygen atoms in total. The van der Waals surface area contributed by atoms with E-state index in [1.807, 2.05) is 11.6 Å². The quantitative estimate of drug-likeness (QED) is 0.673. The van der Waals surface area contributed by atoms with Crippen LogP contribution in [0.1, 0.15) is 17.8 Å². The Bertz CT molecular complexity index is 239. The minimum atomic E-state index is -0.153. The standard InChI is InChI=1S/C8H13N3S/c9-8(1-3-10-4-2-8)7-11-5-6-12-7/h5-6,10H,1-4,9H2. The fourth-order valence-corrected chi connectivity index (χ4v) is 2.37. The lowest BCUT2D eigenvalue weighted by Crippen LogP contribution is -2.46. The van der Waals surface area contributed by atoms with Crippen molar-refractivity contribution in [2.75, 3.05) is 13.1 Å². The van der Waals surface area contributed by atoms with Crippen molar-refractivity contribution in [1.29, 1.82) is 0 Å². The average Bonchev–Trinajstić information content (AvgIpc) is 2.58. The van der Waals surface area contributed by atoms with E-state index >= 15 is 0 Å². The van der Waals surface area contributed by atoms with E-state index < -0.39 is 0 Å². The maximum atomic E-state index is 6.23. The summed E-state index contributed by atoms with van der Waals surface area (Å²) in [5.74, 6) is 0. The minimum absolute atomic E-state index is 0.153. The van der Waals surface area contributed by atoms with Gasteiger partial charge in [-0.3, -0.25) is 0 Å². The van der Waals surface area contributed by atoms with E-state index in [0.29, 0.717) is 0 Å². The molecule has 0 atom stereocenters. The van der Waals surface area contributed by atoms with Crippen molar-refractivity contribution in [3.63, 3.8) is 0 Å². The second-order valence-corrected chi connectivity index (χ2v) is 4.14. The third kappa shape index (κ3) is 1.37. The van der Waals surface area contributed by atoms with Crippen LogP contribution in [-0.2, 0) is 5.54 Å². The van der Waals surface area contributed by atoms with E-state index in [4.69, 9.17) is 5.73 Å². The molecular weight excluding hydrogens is 170 g/mol. The highest BCUT2D eigenvalue weighted by atomic mass is 32.1. The summed E-state index contributed by atoms with van der Waals surface area (Å²) in [5, 5.41) is 6.38. The highest BCUT2D eigenvalue weighted by Gasteiger charge is 2.31. The number of hydrogen-bond acceptors (Lipinski definition) is 4. The van der Waals surface area contributed by atoms with E-state index in [1.54, 1.807) is 11.3 Å². The van der Waals surface area contributed by atoms with Crippen LogP contribution in [0.25, 0.3) is 0 Å². The molecule has 1 saturated heterocycles. The number of piperidine rings is 1. The molecule has 66 valence electrons. The van der Waals surface area contributed by atoms with Crippen LogP contribution in [0.3, 0.4) is 0 Å². The van der Waals surface area contributed by atoms with Crippen LogP contribution < -0.4 is 11.1 Å². The van der Waals surface area contributed by atoms with Crippen LogP contribution in [0.5, 0.6) is 0 Å². The van der Waals surface area contributed by atoms with Crippen molar-refractivity contribution in [3.8, 4) is 0 Å². The summed E-state index contributed by atoms with van der Waals surface area (Å²) >= 11 is 1.66. The van der Waals surface area contributed by atoms with Gasteiger partial charge in [0.25, 0.3) is 0 Å². The molecule has 1 aromatic rings. The Morgan fingerprint density at radius 3 is 2.83 bits per heavy atom. The zero-order valence-corrected chi connectivity index (χ0v) is 7.73. The predicted molar refractivity (Wildman–Crippen MR) is 50.1 cm³/mol. The van der Waals surface area contributed by atoms with Gasteiger partial charge >= 0.3 is 0 Å². The fraction of sp³-hybridized carbons (Fsp3) is 0.625. The highest BCUT2D eigenvalue weighted by molar-refractivity contribution is 7.09. The van der Waals surface area contributed by atoms with Gasteiger partial charge in [-0.15, -0.1) is 11.3 Å². The van der Waals surface area contributed by atoms with Gasteiger partial charge in [0.2, 0.25) is 0 Å². The molecule has 1 aliphatic rings.